The van der Waals surface area contributed by atoms with Gasteiger partial charge in [-0.25, -0.2) is 4.39 Å². The number of aryl methyl sites for hydroxylation is 1. The molecule has 192 valence electrons. The molecule has 1 aromatic heterocycles. The molecule has 0 bridgehead atoms. The van der Waals surface area contributed by atoms with E-state index in [0.717, 1.165) is 66.0 Å². The van der Waals surface area contributed by atoms with E-state index in [4.69, 9.17) is 4.74 Å². The third-order valence-electron chi connectivity index (χ3n) is 6.78. The second-order valence-corrected chi connectivity index (χ2v) is 10.2. The number of anilines is 2. The number of rotatable bonds is 7. The normalized spacial score (nSPS) is 17.2. The molecule has 10 heteroatoms. The van der Waals surface area contributed by atoms with Gasteiger partial charge in [-0.15, -0.1) is 11.3 Å². The van der Waals surface area contributed by atoms with Crippen LogP contribution in [0.2, 0.25) is 0 Å². The maximum atomic E-state index is 14.1. The van der Waals surface area contributed by atoms with Crippen LogP contribution in [0.15, 0.2) is 41.8 Å². The molecule has 1 saturated heterocycles. The lowest BCUT2D eigenvalue weighted by Crippen LogP contribution is -2.47. The van der Waals surface area contributed by atoms with Gasteiger partial charge in [-0.05, 0) is 53.6 Å². The van der Waals surface area contributed by atoms with E-state index in [1.54, 1.807) is 23.5 Å². The number of nitrogens with zero attached hydrogens (tertiary/aromatic N) is 3. The van der Waals surface area contributed by atoms with Crippen LogP contribution in [0.1, 0.15) is 17.5 Å². The first-order valence-electron chi connectivity index (χ1n) is 12.0. The van der Waals surface area contributed by atoms with Gasteiger partial charge in [0.25, 0.3) is 0 Å². The van der Waals surface area contributed by atoms with Crippen LogP contribution in [0.4, 0.5) is 28.9 Å². The molecule has 0 spiro atoms. The summed E-state index contributed by atoms with van der Waals surface area (Å²) in [5.74, 6) is -0.443. The summed E-state index contributed by atoms with van der Waals surface area (Å²) in [4.78, 5) is 18.3. The number of benzene rings is 2. The van der Waals surface area contributed by atoms with E-state index in [0.29, 0.717) is 12.1 Å². The molecule has 2 aromatic carbocycles. The maximum Gasteiger partial charge on any atom is 0.411 e. The third-order valence-corrected chi connectivity index (χ3v) is 7.64. The molecule has 0 atom stereocenters. The number of ether oxygens (including phenoxy) is 1. The van der Waals surface area contributed by atoms with Crippen LogP contribution >= 0.6 is 11.3 Å². The van der Waals surface area contributed by atoms with E-state index in [1.807, 2.05) is 29.6 Å². The van der Waals surface area contributed by atoms with Crippen molar-refractivity contribution < 1.29 is 27.1 Å². The first kappa shape index (κ1) is 25.0. The van der Waals surface area contributed by atoms with Crippen LogP contribution < -0.4 is 9.80 Å². The molecule has 2 aliphatic heterocycles. The van der Waals surface area contributed by atoms with Gasteiger partial charge >= 0.3 is 6.18 Å². The van der Waals surface area contributed by atoms with Crippen molar-refractivity contribution in [2.24, 2.45) is 0 Å². The van der Waals surface area contributed by atoms with Crippen molar-refractivity contribution in [3.63, 3.8) is 0 Å². The van der Waals surface area contributed by atoms with Crippen molar-refractivity contribution in [1.29, 1.82) is 0 Å². The van der Waals surface area contributed by atoms with Crippen molar-refractivity contribution >= 4 is 38.7 Å². The zero-order chi connectivity index (χ0) is 25.3. The summed E-state index contributed by atoms with van der Waals surface area (Å²) in [6, 6.07) is 11.1. The summed E-state index contributed by atoms with van der Waals surface area (Å²) in [6.45, 7) is 2.34. The fourth-order valence-corrected chi connectivity index (χ4v) is 5.74. The van der Waals surface area contributed by atoms with Gasteiger partial charge in [0.05, 0.1) is 0 Å². The first-order valence-corrected chi connectivity index (χ1v) is 12.9. The SMILES string of the molecule is O=C1CCc2ccc(CCN3CCN(c4cc(F)cc5sccc45)CC3)cc2N1COCC(F)(F)F. The number of carbonyl (C=O) groups is 1. The smallest absolute Gasteiger partial charge is 0.368 e. The van der Waals surface area contributed by atoms with Crippen molar-refractivity contribution in [2.75, 3.05) is 55.9 Å². The number of carbonyl (C=O) groups excluding carboxylic acids is 1. The molecule has 0 N–H and O–H groups in total. The Morgan fingerprint density at radius 2 is 1.78 bits per heavy atom. The molecular weight excluding hydrogens is 494 g/mol. The number of alkyl halides is 3. The molecule has 0 saturated carbocycles. The highest BCUT2D eigenvalue weighted by Gasteiger charge is 2.30. The largest absolute Gasteiger partial charge is 0.411 e. The van der Waals surface area contributed by atoms with Crippen molar-refractivity contribution in [3.05, 3.63) is 58.7 Å². The number of piperazine rings is 1. The topological polar surface area (TPSA) is 36.0 Å². The van der Waals surface area contributed by atoms with Gasteiger partial charge < -0.3 is 9.64 Å². The lowest BCUT2D eigenvalue weighted by Gasteiger charge is -2.36. The molecule has 3 aromatic rings. The molecule has 0 unspecified atom stereocenters. The van der Waals surface area contributed by atoms with Gasteiger partial charge in [0.1, 0.15) is 19.2 Å². The molecule has 1 fully saturated rings. The number of fused-ring (bicyclic) bond motifs is 2. The minimum atomic E-state index is -4.43. The van der Waals surface area contributed by atoms with E-state index >= 15 is 0 Å². The Hall–Kier alpha value is -2.69. The van der Waals surface area contributed by atoms with E-state index in [9.17, 15) is 22.4 Å². The first-order chi connectivity index (χ1) is 17.3. The van der Waals surface area contributed by atoms with Crippen LogP contribution in [-0.4, -0.2) is 63.0 Å². The second-order valence-electron chi connectivity index (χ2n) is 9.21. The molecule has 36 heavy (non-hydrogen) atoms. The number of thiophene rings is 1. The van der Waals surface area contributed by atoms with Crippen LogP contribution in [0, 0.1) is 5.82 Å². The molecule has 5 rings (SSSR count). The Labute approximate surface area is 210 Å². The van der Waals surface area contributed by atoms with E-state index in [1.165, 1.54) is 4.90 Å². The van der Waals surface area contributed by atoms with Gasteiger partial charge in [0.2, 0.25) is 5.91 Å². The number of hydrogen-bond acceptors (Lipinski definition) is 5. The van der Waals surface area contributed by atoms with Gasteiger partial charge in [-0.2, -0.15) is 13.2 Å². The van der Waals surface area contributed by atoms with Crippen LogP contribution in [0.5, 0.6) is 0 Å². The molecule has 1 amide bonds. The Bertz CT molecular complexity index is 1240. The Morgan fingerprint density at radius 3 is 2.56 bits per heavy atom. The van der Waals surface area contributed by atoms with Gasteiger partial charge in [-0.3, -0.25) is 14.6 Å². The summed E-state index contributed by atoms with van der Waals surface area (Å²) in [6.07, 6.45) is -2.84. The van der Waals surface area contributed by atoms with E-state index in [-0.39, 0.29) is 18.1 Å². The summed E-state index contributed by atoms with van der Waals surface area (Å²) in [5.41, 5.74) is 3.55. The van der Waals surface area contributed by atoms with Gasteiger partial charge in [-0.1, -0.05) is 12.1 Å². The van der Waals surface area contributed by atoms with Gasteiger partial charge in [0, 0.05) is 60.6 Å². The predicted octanol–water partition coefficient (Wildman–Crippen LogP) is 5.22. The highest BCUT2D eigenvalue weighted by atomic mass is 32.1. The summed E-state index contributed by atoms with van der Waals surface area (Å²) >= 11 is 1.54. The number of hydrogen-bond donors (Lipinski definition) is 0. The predicted molar refractivity (Wildman–Crippen MR) is 133 cm³/mol. The average Bonchev–Trinajstić information content (AvgIpc) is 3.31. The van der Waals surface area contributed by atoms with Gasteiger partial charge in [0.15, 0.2) is 0 Å². The fourth-order valence-electron chi connectivity index (χ4n) is 4.91. The lowest BCUT2D eigenvalue weighted by molar-refractivity contribution is -0.174. The van der Waals surface area contributed by atoms with Crippen LogP contribution in [0.25, 0.3) is 10.1 Å². The molecule has 0 radical (unpaired) electrons. The quantitative estimate of drug-likeness (QED) is 0.400. The Morgan fingerprint density at radius 1 is 0.972 bits per heavy atom. The maximum absolute atomic E-state index is 14.1. The van der Waals surface area contributed by atoms with Crippen molar-refractivity contribution in [1.82, 2.24) is 4.90 Å². The molecule has 2 aliphatic rings. The minimum Gasteiger partial charge on any atom is -0.368 e. The van der Waals surface area contributed by atoms with Crippen molar-refractivity contribution in [3.8, 4) is 0 Å². The van der Waals surface area contributed by atoms with Crippen LogP contribution in [0.3, 0.4) is 0 Å². The Balaban J connectivity index is 1.19. The molecule has 3 heterocycles. The lowest BCUT2D eigenvalue weighted by atomic mass is 9.98. The van der Waals surface area contributed by atoms with E-state index in [2.05, 4.69) is 9.80 Å². The highest BCUT2D eigenvalue weighted by Crippen LogP contribution is 2.33. The standard InChI is InChI=1S/C26H27F4N3O2S/c27-20-14-23(21-6-12-36-24(21)15-20)32-10-8-31(9-11-32)7-5-18-1-2-19-3-4-25(34)33(22(19)13-18)17-35-16-26(28,29)30/h1-2,6,12-15H,3-5,7-11,16-17H2. The van der Waals surface area contributed by atoms with Crippen molar-refractivity contribution in [2.45, 2.75) is 25.4 Å². The van der Waals surface area contributed by atoms with Crippen LogP contribution in [-0.2, 0) is 22.4 Å². The molecule has 0 aliphatic carbocycles. The second kappa shape index (κ2) is 10.4. The molecule has 5 nitrogen and oxygen atoms in total. The number of halogens is 4. The zero-order valence-electron chi connectivity index (χ0n) is 19.7. The third kappa shape index (κ3) is 5.66. The van der Waals surface area contributed by atoms with E-state index < -0.39 is 19.5 Å². The molecular formula is C26H27F4N3O2S. The Kier molecular flexibility index (Phi) is 7.18. The summed E-state index contributed by atoms with van der Waals surface area (Å²) < 4.78 is 57.3. The number of amides is 1. The summed E-state index contributed by atoms with van der Waals surface area (Å²) in [7, 11) is 0. The monoisotopic (exact) mass is 521 g/mol. The minimum absolute atomic E-state index is 0.217. The average molecular weight is 522 g/mol. The highest BCUT2D eigenvalue weighted by molar-refractivity contribution is 7.17. The fraction of sp³-hybridized carbons (Fsp3) is 0.423. The zero-order valence-corrected chi connectivity index (χ0v) is 20.5. The summed E-state index contributed by atoms with van der Waals surface area (Å²) in [5, 5.41) is 3.07.